The second-order valence-corrected chi connectivity index (χ2v) is 4.75. The van der Waals surface area contributed by atoms with Crippen molar-refractivity contribution in [2.24, 2.45) is 0 Å². The van der Waals surface area contributed by atoms with E-state index in [0.717, 1.165) is 0 Å². The highest BCUT2D eigenvalue weighted by atomic mass is 16.5. The Balaban J connectivity index is 1.81. The molecule has 0 saturated heterocycles. The first-order valence-electron chi connectivity index (χ1n) is 7.17. The van der Waals surface area contributed by atoms with Gasteiger partial charge in [-0.05, 0) is 24.3 Å². The number of para-hydroxylation sites is 1. The summed E-state index contributed by atoms with van der Waals surface area (Å²) in [7, 11) is 1.45. The third-order valence-corrected chi connectivity index (χ3v) is 3.11. The maximum absolute atomic E-state index is 12.0. The largest absolute Gasteiger partial charge is 0.496 e. The fraction of sp³-hybridized carbons (Fsp3) is 0.118. The van der Waals surface area contributed by atoms with Crippen molar-refractivity contribution in [1.29, 1.82) is 0 Å². The van der Waals surface area contributed by atoms with Crippen molar-refractivity contribution in [2.45, 2.75) is 0 Å². The summed E-state index contributed by atoms with van der Waals surface area (Å²) in [6.07, 6.45) is 0. The summed E-state index contributed by atoms with van der Waals surface area (Å²) in [6.45, 7) is -0.264. The smallest absolute Gasteiger partial charge is 0.273 e. The third kappa shape index (κ3) is 4.57. The molecule has 2 rings (SSSR count). The number of ether oxygens (including phenoxy) is 1. The Hall–Kier alpha value is -3.35. The van der Waals surface area contributed by atoms with E-state index < -0.39 is 11.8 Å². The average molecular weight is 327 g/mol. The molecule has 0 heterocycles. The number of carbonyl (C=O) groups excluding carboxylic acids is 3. The van der Waals surface area contributed by atoms with Crippen LogP contribution in [0, 0.1) is 0 Å². The molecule has 7 nitrogen and oxygen atoms in total. The van der Waals surface area contributed by atoms with Crippen molar-refractivity contribution in [3.8, 4) is 5.75 Å². The fourth-order valence-corrected chi connectivity index (χ4v) is 1.92. The van der Waals surface area contributed by atoms with E-state index in [1.807, 2.05) is 0 Å². The minimum atomic E-state index is -0.553. The zero-order valence-corrected chi connectivity index (χ0v) is 13.0. The van der Waals surface area contributed by atoms with E-state index in [0.29, 0.717) is 11.3 Å². The Morgan fingerprint density at radius 1 is 0.875 bits per heavy atom. The van der Waals surface area contributed by atoms with Crippen molar-refractivity contribution >= 4 is 17.7 Å². The SMILES string of the molecule is COc1ccccc1C(=O)NNC(=O)CNC(=O)c1ccccc1. The van der Waals surface area contributed by atoms with Crippen LogP contribution in [0.25, 0.3) is 0 Å². The number of amides is 3. The second-order valence-electron chi connectivity index (χ2n) is 4.75. The highest BCUT2D eigenvalue weighted by Crippen LogP contribution is 2.16. The van der Waals surface area contributed by atoms with E-state index >= 15 is 0 Å². The molecule has 124 valence electrons. The van der Waals surface area contributed by atoms with Gasteiger partial charge in [0.25, 0.3) is 17.7 Å². The van der Waals surface area contributed by atoms with E-state index in [1.54, 1.807) is 54.6 Å². The van der Waals surface area contributed by atoms with Gasteiger partial charge in [0.1, 0.15) is 5.75 Å². The summed E-state index contributed by atoms with van der Waals surface area (Å²) in [5.41, 5.74) is 5.23. The molecule has 0 aromatic heterocycles. The minimum Gasteiger partial charge on any atom is -0.496 e. The van der Waals surface area contributed by atoms with Gasteiger partial charge >= 0.3 is 0 Å². The fourth-order valence-electron chi connectivity index (χ4n) is 1.92. The van der Waals surface area contributed by atoms with E-state index in [9.17, 15) is 14.4 Å². The molecule has 0 bridgehead atoms. The maximum atomic E-state index is 12.0. The summed E-state index contributed by atoms with van der Waals surface area (Å²) in [5.74, 6) is -1.05. The van der Waals surface area contributed by atoms with E-state index in [2.05, 4.69) is 16.2 Å². The van der Waals surface area contributed by atoms with E-state index in [1.165, 1.54) is 7.11 Å². The summed E-state index contributed by atoms with van der Waals surface area (Å²) in [4.78, 5) is 35.5. The summed E-state index contributed by atoms with van der Waals surface area (Å²) in [5, 5.41) is 2.46. The molecule has 0 aliphatic rings. The number of carbonyl (C=O) groups is 3. The number of hydrogen-bond donors (Lipinski definition) is 3. The quantitative estimate of drug-likeness (QED) is 0.711. The maximum Gasteiger partial charge on any atom is 0.273 e. The number of hydrazine groups is 1. The lowest BCUT2D eigenvalue weighted by Gasteiger charge is -2.10. The molecule has 0 aliphatic heterocycles. The second kappa shape index (κ2) is 8.33. The predicted octanol–water partition coefficient (Wildman–Crippen LogP) is 0.886. The Bertz CT molecular complexity index is 732. The van der Waals surface area contributed by atoms with Gasteiger partial charge in [-0.15, -0.1) is 0 Å². The van der Waals surface area contributed by atoms with Crippen LogP contribution < -0.4 is 20.9 Å². The Morgan fingerprint density at radius 2 is 1.54 bits per heavy atom. The lowest BCUT2D eigenvalue weighted by molar-refractivity contribution is -0.120. The zero-order chi connectivity index (χ0) is 17.4. The van der Waals surface area contributed by atoms with Gasteiger partial charge in [0, 0.05) is 5.56 Å². The van der Waals surface area contributed by atoms with Crippen LogP contribution in [0.5, 0.6) is 5.75 Å². The topological polar surface area (TPSA) is 96.5 Å². The molecule has 0 spiro atoms. The normalized spacial score (nSPS) is 9.71. The molecule has 3 amide bonds. The zero-order valence-electron chi connectivity index (χ0n) is 13.0. The van der Waals surface area contributed by atoms with E-state index in [4.69, 9.17) is 4.74 Å². The van der Waals surface area contributed by atoms with Crippen LogP contribution in [0.3, 0.4) is 0 Å². The highest BCUT2D eigenvalue weighted by molar-refractivity contribution is 5.99. The lowest BCUT2D eigenvalue weighted by Crippen LogP contribution is -2.46. The molecule has 7 heteroatoms. The summed E-state index contributed by atoms with van der Waals surface area (Å²) < 4.78 is 5.07. The first-order valence-corrected chi connectivity index (χ1v) is 7.17. The molecule has 2 aromatic rings. The molecule has 0 aliphatic carbocycles. The van der Waals surface area contributed by atoms with Gasteiger partial charge in [0.05, 0.1) is 19.2 Å². The van der Waals surface area contributed by atoms with Crippen molar-refractivity contribution in [2.75, 3.05) is 13.7 Å². The number of methoxy groups -OCH3 is 1. The van der Waals surface area contributed by atoms with Gasteiger partial charge in [-0.25, -0.2) is 0 Å². The molecular formula is C17H17N3O4. The predicted molar refractivity (Wildman–Crippen MR) is 87.4 cm³/mol. The molecule has 0 radical (unpaired) electrons. The number of rotatable bonds is 5. The van der Waals surface area contributed by atoms with Crippen molar-refractivity contribution in [1.82, 2.24) is 16.2 Å². The molecule has 3 N–H and O–H groups in total. The first-order chi connectivity index (χ1) is 11.6. The van der Waals surface area contributed by atoms with Crippen LogP contribution in [-0.4, -0.2) is 31.4 Å². The highest BCUT2D eigenvalue weighted by Gasteiger charge is 2.12. The standard InChI is InChI=1S/C17H17N3O4/c1-24-14-10-6-5-9-13(14)17(23)20-19-15(21)11-18-16(22)12-7-3-2-4-8-12/h2-10H,11H2,1H3,(H,18,22)(H,19,21)(H,20,23). The third-order valence-electron chi connectivity index (χ3n) is 3.11. The van der Waals surface area contributed by atoms with Crippen LogP contribution in [0.1, 0.15) is 20.7 Å². The monoisotopic (exact) mass is 327 g/mol. The van der Waals surface area contributed by atoms with Crippen LogP contribution in [0.15, 0.2) is 54.6 Å². The molecule has 0 atom stereocenters. The molecule has 2 aromatic carbocycles. The average Bonchev–Trinajstić information content (AvgIpc) is 2.64. The van der Waals surface area contributed by atoms with Gasteiger partial charge in [-0.1, -0.05) is 30.3 Å². The van der Waals surface area contributed by atoms with Crippen molar-refractivity contribution in [3.63, 3.8) is 0 Å². The van der Waals surface area contributed by atoms with Gasteiger partial charge in [-0.2, -0.15) is 0 Å². The number of benzene rings is 2. The van der Waals surface area contributed by atoms with Crippen molar-refractivity contribution < 1.29 is 19.1 Å². The van der Waals surface area contributed by atoms with Crippen LogP contribution in [0.2, 0.25) is 0 Å². The Morgan fingerprint density at radius 3 is 2.25 bits per heavy atom. The molecule has 24 heavy (non-hydrogen) atoms. The lowest BCUT2D eigenvalue weighted by atomic mass is 10.2. The van der Waals surface area contributed by atoms with Crippen LogP contribution >= 0.6 is 0 Å². The van der Waals surface area contributed by atoms with Crippen molar-refractivity contribution in [3.05, 3.63) is 65.7 Å². The molecule has 0 unspecified atom stereocenters. The van der Waals surface area contributed by atoms with Crippen LogP contribution in [0.4, 0.5) is 0 Å². The summed E-state index contributed by atoms with van der Waals surface area (Å²) >= 11 is 0. The van der Waals surface area contributed by atoms with Gasteiger partial charge in [-0.3, -0.25) is 25.2 Å². The number of nitrogens with one attached hydrogen (secondary N) is 3. The Labute approximate surface area is 139 Å². The first kappa shape index (κ1) is 17.0. The Kier molecular flexibility index (Phi) is 5.90. The van der Waals surface area contributed by atoms with E-state index in [-0.39, 0.29) is 18.0 Å². The number of hydrogen-bond acceptors (Lipinski definition) is 4. The van der Waals surface area contributed by atoms with Gasteiger partial charge < -0.3 is 10.1 Å². The van der Waals surface area contributed by atoms with Crippen LogP contribution in [-0.2, 0) is 4.79 Å². The van der Waals surface area contributed by atoms with Gasteiger partial charge in [0.15, 0.2) is 0 Å². The van der Waals surface area contributed by atoms with Gasteiger partial charge in [0.2, 0.25) is 0 Å². The molecular weight excluding hydrogens is 310 g/mol. The molecule has 0 saturated carbocycles. The summed E-state index contributed by atoms with van der Waals surface area (Å²) in [6, 6.07) is 15.1. The minimum absolute atomic E-state index is 0.264. The molecule has 0 fully saturated rings.